The average Bonchev–Trinajstić information content (AvgIpc) is 3.41. The number of piperazine rings is 1. The first kappa shape index (κ1) is 26.9. The molecule has 0 saturated carbocycles. The van der Waals surface area contributed by atoms with E-state index in [9.17, 15) is 4.79 Å². The van der Waals surface area contributed by atoms with E-state index < -0.39 is 0 Å². The van der Waals surface area contributed by atoms with E-state index in [-0.39, 0.29) is 5.92 Å². The number of nitrogens with zero attached hydrogens (tertiary/aromatic N) is 5. The minimum Gasteiger partial charge on any atom is -0.354 e. The predicted molar refractivity (Wildman–Crippen MR) is 162 cm³/mol. The molecule has 0 unspecified atom stereocenters. The molecule has 39 heavy (non-hydrogen) atoms. The fourth-order valence-electron chi connectivity index (χ4n) is 5.50. The normalized spacial score (nSPS) is 14.8. The molecule has 0 aliphatic carbocycles. The van der Waals surface area contributed by atoms with Crippen LogP contribution in [-0.2, 0) is 4.79 Å². The number of H-pyrrole nitrogens is 1. The van der Waals surface area contributed by atoms with Crippen LogP contribution in [0.5, 0.6) is 0 Å². The van der Waals surface area contributed by atoms with Gasteiger partial charge in [0, 0.05) is 54.8 Å². The second-order valence-corrected chi connectivity index (χ2v) is 10.9. The van der Waals surface area contributed by atoms with Crippen LogP contribution in [0.1, 0.15) is 36.5 Å². The molecule has 0 bridgehead atoms. The Balaban J connectivity index is 1.77. The first-order chi connectivity index (χ1) is 18.8. The zero-order valence-electron chi connectivity index (χ0n) is 23.2. The van der Waals surface area contributed by atoms with Crippen LogP contribution in [0.25, 0.3) is 22.0 Å². The van der Waals surface area contributed by atoms with E-state index in [1.807, 2.05) is 49.6 Å². The number of benzene rings is 3. The van der Waals surface area contributed by atoms with Gasteiger partial charge >= 0.3 is 0 Å². The summed E-state index contributed by atoms with van der Waals surface area (Å²) in [5, 5.41) is 8.93. The largest absolute Gasteiger partial charge is 0.354 e. The van der Waals surface area contributed by atoms with Crippen molar-refractivity contribution >= 4 is 46.1 Å². The number of aromatic amines is 1. The van der Waals surface area contributed by atoms with Gasteiger partial charge in [-0.1, -0.05) is 49.7 Å². The summed E-state index contributed by atoms with van der Waals surface area (Å²) in [6, 6.07) is 16.2. The molecule has 0 atom stereocenters. The van der Waals surface area contributed by atoms with Crippen molar-refractivity contribution in [3.8, 4) is 11.1 Å². The highest BCUT2D eigenvalue weighted by atomic mass is 35.5. The minimum atomic E-state index is 0.234. The van der Waals surface area contributed by atoms with Crippen molar-refractivity contribution < 1.29 is 4.79 Å². The number of carbonyl (C=O) groups excluding carboxylic acids is 1. The molecular formula is C31H35ClN6O. The molecule has 5 rings (SSSR count). The van der Waals surface area contributed by atoms with Gasteiger partial charge in [0.2, 0.25) is 6.41 Å². The number of likely N-dealkylation sites (N-methyl/N-ethyl adjacent to an activating group) is 1. The lowest BCUT2D eigenvalue weighted by atomic mass is 9.94. The first-order valence-electron chi connectivity index (χ1n) is 13.3. The molecule has 1 N–H and O–H groups in total. The van der Waals surface area contributed by atoms with E-state index in [4.69, 9.17) is 16.6 Å². The molecule has 3 aromatic carbocycles. The van der Waals surface area contributed by atoms with Crippen molar-refractivity contribution in [3.05, 3.63) is 76.4 Å². The quantitative estimate of drug-likeness (QED) is 0.178. The Hall–Kier alpha value is -3.68. The average molecular weight is 543 g/mol. The van der Waals surface area contributed by atoms with Gasteiger partial charge < -0.3 is 9.80 Å². The monoisotopic (exact) mass is 542 g/mol. The fraction of sp³-hybridized carbons (Fsp3) is 0.323. The van der Waals surface area contributed by atoms with Gasteiger partial charge in [-0.3, -0.25) is 19.8 Å². The number of aryl methyl sites for hydroxylation is 1. The third kappa shape index (κ3) is 5.04. The Labute approximate surface area is 235 Å². The van der Waals surface area contributed by atoms with Crippen LogP contribution >= 0.6 is 11.6 Å². The molecule has 1 saturated heterocycles. The second-order valence-electron chi connectivity index (χ2n) is 10.5. The zero-order chi connectivity index (χ0) is 27.7. The van der Waals surface area contributed by atoms with Crippen LogP contribution in [-0.4, -0.2) is 72.5 Å². The molecule has 1 aliphatic rings. The van der Waals surface area contributed by atoms with Crippen molar-refractivity contribution in [2.24, 2.45) is 4.99 Å². The van der Waals surface area contributed by atoms with Crippen LogP contribution in [0, 0.1) is 6.92 Å². The van der Waals surface area contributed by atoms with Crippen LogP contribution in [0.4, 0.5) is 11.4 Å². The van der Waals surface area contributed by atoms with Crippen molar-refractivity contribution in [2.75, 3.05) is 45.2 Å². The lowest BCUT2D eigenvalue weighted by molar-refractivity contribution is -0.106. The summed E-state index contributed by atoms with van der Waals surface area (Å²) in [5.41, 5.74) is 7.38. The maximum Gasteiger partial charge on any atom is 0.218 e. The van der Waals surface area contributed by atoms with E-state index in [1.54, 1.807) is 4.90 Å². The Morgan fingerprint density at radius 3 is 2.54 bits per heavy atom. The molecule has 1 aromatic heterocycles. The first-order valence-corrected chi connectivity index (χ1v) is 13.7. The lowest BCUT2D eigenvalue weighted by Crippen LogP contribution is -2.47. The molecule has 1 aliphatic heterocycles. The van der Waals surface area contributed by atoms with Crippen molar-refractivity contribution in [1.29, 1.82) is 0 Å². The minimum absolute atomic E-state index is 0.234. The number of hydrogen-bond donors (Lipinski definition) is 1. The highest BCUT2D eigenvalue weighted by Gasteiger charge is 2.27. The predicted octanol–water partition coefficient (Wildman–Crippen LogP) is 6.23. The van der Waals surface area contributed by atoms with Crippen molar-refractivity contribution in [2.45, 2.75) is 26.7 Å². The van der Waals surface area contributed by atoms with Gasteiger partial charge in [0.15, 0.2) is 0 Å². The molecule has 4 aromatic rings. The van der Waals surface area contributed by atoms with Gasteiger partial charge in [-0.05, 0) is 60.8 Å². The summed E-state index contributed by atoms with van der Waals surface area (Å²) in [6.07, 6.45) is 2.73. The second kappa shape index (κ2) is 11.2. The van der Waals surface area contributed by atoms with E-state index in [1.165, 1.54) is 0 Å². The zero-order valence-corrected chi connectivity index (χ0v) is 24.0. The lowest BCUT2D eigenvalue weighted by Gasteiger charge is -2.36. The van der Waals surface area contributed by atoms with Crippen molar-refractivity contribution in [1.82, 2.24) is 20.0 Å². The van der Waals surface area contributed by atoms with E-state index >= 15 is 0 Å². The Morgan fingerprint density at radius 2 is 1.85 bits per heavy atom. The van der Waals surface area contributed by atoms with Gasteiger partial charge in [0.25, 0.3) is 0 Å². The smallest absolute Gasteiger partial charge is 0.218 e. The van der Waals surface area contributed by atoms with E-state index in [2.05, 4.69) is 59.9 Å². The summed E-state index contributed by atoms with van der Waals surface area (Å²) in [6.45, 7) is 9.92. The van der Waals surface area contributed by atoms with Gasteiger partial charge in [0.05, 0.1) is 23.1 Å². The third-order valence-electron chi connectivity index (χ3n) is 7.63. The summed E-state index contributed by atoms with van der Waals surface area (Å²) < 4.78 is 0. The number of hydrogen-bond acceptors (Lipinski definition) is 4. The number of aromatic nitrogens is 2. The van der Waals surface area contributed by atoms with Crippen LogP contribution in [0.3, 0.4) is 0 Å². The molecule has 7 nitrogen and oxygen atoms in total. The highest BCUT2D eigenvalue weighted by Crippen LogP contribution is 2.42. The number of amides is 1. The number of aliphatic imine (C=N–C) groups is 1. The van der Waals surface area contributed by atoms with Gasteiger partial charge in [-0.25, -0.2) is 0 Å². The number of para-hydroxylation sites is 1. The number of nitrogens with one attached hydrogen (secondary N) is 1. The summed E-state index contributed by atoms with van der Waals surface area (Å²) in [5.74, 6) is 1.07. The SMILES string of the molecule is CN=C(c1cc(Cl)c(-c2c(C)ccc3[nH]ncc23)cc1N(C=O)c1ccccc1C(C)C)N1CCN(C)CC1. The van der Waals surface area contributed by atoms with Crippen LogP contribution in [0.2, 0.25) is 5.02 Å². The molecule has 202 valence electrons. The topological polar surface area (TPSA) is 67.8 Å². The molecule has 1 amide bonds. The molecule has 0 radical (unpaired) electrons. The Bertz CT molecular complexity index is 1530. The van der Waals surface area contributed by atoms with E-state index in [0.717, 1.165) is 88.5 Å². The number of anilines is 2. The molecule has 0 spiro atoms. The number of amidine groups is 1. The highest BCUT2D eigenvalue weighted by molar-refractivity contribution is 6.34. The summed E-state index contributed by atoms with van der Waals surface area (Å²) in [4.78, 5) is 24.0. The fourth-order valence-corrected chi connectivity index (χ4v) is 5.76. The molecule has 8 heteroatoms. The summed E-state index contributed by atoms with van der Waals surface area (Å²) >= 11 is 7.09. The van der Waals surface area contributed by atoms with Crippen LogP contribution in [0.15, 0.2) is 59.7 Å². The molecule has 1 fully saturated rings. The molecule has 2 heterocycles. The maximum atomic E-state index is 13.0. The Morgan fingerprint density at radius 1 is 1.10 bits per heavy atom. The van der Waals surface area contributed by atoms with Gasteiger partial charge in [0.1, 0.15) is 5.84 Å². The van der Waals surface area contributed by atoms with E-state index in [0.29, 0.717) is 5.02 Å². The van der Waals surface area contributed by atoms with Gasteiger partial charge in [-0.2, -0.15) is 5.10 Å². The number of rotatable bonds is 6. The number of carbonyl (C=O) groups is 1. The number of halogens is 1. The van der Waals surface area contributed by atoms with Gasteiger partial charge in [-0.15, -0.1) is 0 Å². The van der Waals surface area contributed by atoms with Crippen molar-refractivity contribution in [3.63, 3.8) is 0 Å². The van der Waals surface area contributed by atoms with Crippen LogP contribution < -0.4 is 4.90 Å². The Kier molecular flexibility index (Phi) is 7.73. The maximum absolute atomic E-state index is 13.0. The number of fused-ring (bicyclic) bond motifs is 1. The standard InChI is InChI=1S/C31H35ClN6O/c1-20(2)22-8-6-7-9-28(22)38(19-39)29-17-23(30-21(3)10-11-27-25(30)18-34-35-27)26(32)16-24(29)31(33-4)37-14-12-36(5)13-15-37/h6-11,16-20H,12-15H2,1-5H3,(H,34,35). The third-order valence-corrected chi connectivity index (χ3v) is 7.94. The summed E-state index contributed by atoms with van der Waals surface area (Å²) in [7, 11) is 3.94. The molecular weight excluding hydrogens is 508 g/mol.